The Balaban J connectivity index is 1.84. The SMILES string of the molecule is CCNC1CC2CCCC(C1)N2CCC(=O)NC(C)(C)C. The molecule has 2 rings (SSSR count). The van der Waals surface area contributed by atoms with Crippen molar-refractivity contribution in [3.63, 3.8) is 0 Å². The molecule has 2 saturated heterocycles. The Labute approximate surface area is 130 Å². The predicted molar refractivity (Wildman–Crippen MR) is 87.3 cm³/mol. The first-order valence-electron chi connectivity index (χ1n) is 8.69. The Kier molecular flexibility index (Phi) is 5.67. The van der Waals surface area contributed by atoms with Crippen LogP contribution in [0.15, 0.2) is 0 Å². The average Bonchev–Trinajstić information content (AvgIpc) is 2.34. The van der Waals surface area contributed by atoms with Crippen molar-refractivity contribution in [2.45, 2.75) is 89.9 Å². The van der Waals surface area contributed by atoms with Gasteiger partial charge in [0.15, 0.2) is 0 Å². The molecule has 2 unspecified atom stereocenters. The lowest BCUT2D eigenvalue weighted by molar-refractivity contribution is -0.123. The largest absolute Gasteiger partial charge is 0.351 e. The predicted octanol–water partition coefficient (Wildman–Crippen LogP) is 2.29. The van der Waals surface area contributed by atoms with Gasteiger partial charge in [-0.25, -0.2) is 0 Å². The zero-order valence-corrected chi connectivity index (χ0v) is 14.2. The molecule has 2 heterocycles. The number of hydrogen-bond acceptors (Lipinski definition) is 3. The van der Waals surface area contributed by atoms with Gasteiger partial charge in [0.1, 0.15) is 0 Å². The zero-order valence-electron chi connectivity index (χ0n) is 14.2. The monoisotopic (exact) mass is 295 g/mol. The maximum absolute atomic E-state index is 12.0. The van der Waals surface area contributed by atoms with E-state index in [9.17, 15) is 4.79 Å². The highest BCUT2D eigenvalue weighted by Crippen LogP contribution is 2.34. The van der Waals surface area contributed by atoms with Crippen LogP contribution in [-0.4, -0.2) is 47.6 Å². The number of rotatable bonds is 5. The molecule has 1 amide bonds. The number of piperidine rings is 2. The van der Waals surface area contributed by atoms with Crippen molar-refractivity contribution in [3.8, 4) is 0 Å². The second-order valence-corrected chi connectivity index (χ2v) is 7.75. The Morgan fingerprint density at radius 1 is 1.19 bits per heavy atom. The third kappa shape index (κ3) is 4.96. The molecule has 2 aliphatic heterocycles. The van der Waals surface area contributed by atoms with E-state index in [1.54, 1.807) is 0 Å². The molecule has 0 saturated carbocycles. The maximum atomic E-state index is 12.0. The lowest BCUT2D eigenvalue weighted by Crippen LogP contribution is -2.57. The summed E-state index contributed by atoms with van der Waals surface area (Å²) in [7, 11) is 0. The number of carbonyl (C=O) groups is 1. The molecule has 2 fully saturated rings. The van der Waals surface area contributed by atoms with Gasteiger partial charge < -0.3 is 10.6 Å². The van der Waals surface area contributed by atoms with Crippen molar-refractivity contribution < 1.29 is 4.79 Å². The van der Waals surface area contributed by atoms with Gasteiger partial charge >= 0.3 is 0 Å². The van der Waals surface area contributed by atoms with Crippen LogP contribution < -0.4 is 10.6 Å². The molecule has 4 heteroatoms. The fourth-order valence-corrected chi connectivity index (χ4v) is 4.01. The molecule has 2 bridgehead atoms. The van der Waals surface area contributed by atoms with Gasteiger partial charge in [-0.15, -0.1) is 0 Å². The van der Waals surface area contributed by atoms with Crippen LogP contribution in [0.25, 0.3) is 0 Å². The van der Waals surface area contributed by atoms with Crippen LogP contribution in [0.2, 0.25) is 0 Å². The summed E-state index contributed by atoms with van der Waals surface area (Å²) in [6.07, 6.45) is 7.12. The number of fused-ring (bicyclic) bond motifs is 2. The van der Waals surface area contributed by atoms with E-state index in [1.807, 2.05) is 20.8 Å². The Morgan fingerprint density at radius 2 is 1.81 bits per heavy atom. The first-order chi connectivity index (χ1) is 9.89. The topological polar surface area (TPSA) is 44.4 Å². The van der Waals surface area contributed by atoms with E-state index in [2.05, 4.69) is 22.5 Å². The van der Waals surface area contributed by atoms with Crippen LogP contribution in [0.1, 0.15) is 66.2 Å². The molecular weight excluding hydrogens is 262 g/mol. The molecular formula is C17H33N3O. The summed E-state index contributed by atoms with van der Waals surface area (Å²) in [5, 5.41) is 6.70. The fraction of sp³-hybridized carbons (Fsp3) is 0.941. The normalized spacial score (nSPS) is 30.2. The highest BCUT2D eigenvalue weighted by molar-refractivity contribution is 5.76. The minimum Gasteiger partial charge on any atom is -0.351 e. The van der Waals surface area contributed by atoms with Crippen LogP contribution in [0.3, 0.4) is 0 Å². The summed E-state index contributed by atoms with van der Waals surface area (Å²) in [6.45, 7) is 10.3. The molecule has 0 aromatic carbocycles. The standard InChI is InChI=1S/C17H33N3O/c1-5-18-13-11-14-7-6-8-15(12-13)20(14)10-9-16(21)19-17(2,3)4/h13-15,18H,5-12H2,1-4H3,(H,19,21). The molecule has 2 aliphatic rings. The van der Waals surface area contributed by atoms with Crippen LogP contribution in [0.5, 0.6) is 0 Å². The summed E-state index contributed by atoms with van der Waals surface area (Å²) < 4.78 is 0. The van der Waals surface area contributed by atoms with Crippen molar-refractivity contribution in [2.75, 3.05) is 13.1 Å². The molecule has 21 heavy (non-hydrogen) atoms. The van der Waals surface area contributed by atoms with E-state index >= 15 is 0 Å². The first-order valence-corrected chi connectivity index (χ1v) is 8.69. The van der Waals surface area contributed by atoms with Gasteiger partial charge in [0.25, 0.3) is 0 Å². The van der Waals surface area contributed by atoms with Crippen molar-refractivity contribution in [2.24, 2.45) is 0 Å². The van der Waals surface area contributed by atoms with Crippen LogP contribution >= 0.6 is 0 Å². The minimum atomic E-state index is -0.120. The molecule has 0 aromatic rings. The third-order valence-electron chi connectivity index (χ3n) is 4.73. The Hall–Kier alpha value is -0.610. The molecule has 4 nitrogen and oxygen atoms in total. The van der Waals surface area contributed by atoms with Gasteiger partial charge in [-0.1, -0.05) is 13.3 Å². The van der Waals surface area contributed by atoms with Crippen molar-refractivity contribution >= 4 is 5.91 Å². The van der Waals surface area contributed by atoms with Crippen LogP contribution in [-0.2, 0) is 4.79 Å². The van der Waals surface area contributed by atoms with E-state index in [0.29, 0.717) is 24.5 Å². The number of nitrogens with one attached hydrogen (secondary N) is 2. The number of amides is 1. The molecule has 0 spiro atoms. The molecule has 0 aromatic heterocycles. The van der Waals surface area contributed by atoms with E-state index < -0.39 is 0 Å². The molecule has 122 valence electrons. The van der Waals surface area contributed by atoms with Gasteiger partial charge in [0.05, 0.1) is 0 Å². The lowest BCUT2D eigenvalue weighted by atomic mass is 9.81. The quantitative estimate of drug-likeness (QED) is 0.818. The second-order valence-electron chi connectivity index (χ2n) is 7.75. The number of carbonyl (C=O) groups excluding carboxylic acids is 1. The summed E-state index contributed by atoms with van der Waals surface area (Å²) in [6, 6.07) is 2.05. The Bertz CT molecular complexity index is 336. The molecule has 2 atom stereocenters. The molecule has 0 aliphatic carbocycles. The molecule has 2 N–H and O–H groups in total. The highest BCUT2D eigenvalue weighted by atomic mass is 16.1. The van der Waals surface area contributed by atoms with Gasteiger partial charge in [-0.2, -0.15) is 0 Å². The van der Waals surface area contributed by atoms with E-state index in [-0.39, 0.29) is 11.4 Å². The first kappa shape index (κ1) is 16.8. The van der Waals surface area contributed by atoms with E-state index in [4.69, 9.17) is 0 Å². The summed E-state index contributed by atoms with van der Waals surface area (Å²) in [5.74, 6) is 0.189. The fourth-order valence-electron chi connectivity index (χ4n) is 4.01. The van der Waals surface area contributed by atoms with Crippen LogP contribution in [0, 0.1) is 0 Å². The van der Waals surface area contributed by atoms with Gasteiger partial charge in [0.2, 0.25) is 5.91 Å². The minimum absolute atomic E-state index is 0.120. The van der Waals surface area contributed by atoms with E-state index in [1.165, 1.54) is 32.1 Å². The van der Waals surface area contributed by atoms with Gasteiger partial charge in [-0.05, 0) is 53.0 Å². The molecule has 0 radical (unpaired) electrons. The summed E-state index contributed by atoms with van der Waals surface area (Å²) in [5.41, 5.74) is -0.120. The van der Waals surface area contributed by atoms with Crippen molar-refractivity contribution in [3.05, 3.63) is 0 Å². The lowest BCUT2D eigenvalue weighted by Gasteiger charge is -2.49. The van der Waals surface area contributed by atoms with Gasteiger partial charge in [0, 0.05) is 36.6 Å². The summed E-state index contributed by atoms with van der Waals surface area (Å²) in [4.78, 5) is 14.7. The average molecular weight is 295 g/mol. The zero-order chi connectivity index (χ0) is 15.5. The maximum Gasteiger partial charge on any atom is 0.221 e. The second kappa shape index (κ2) is 7.10. The number of nitrogens with zero attached hydrogens (tertiary/aromatic N) is 1. The van der Waals surface area contributed by atoms with Crippen molar-refractivity contribution in [1.29, 1.82) is 0 Å². The van der Waals surface area contributed by atoms with Gasteiger partial charge in [-0.3, -0.25) is 9.69 Å². The highest BCUT2D eigenvalue weighted by Gasteiger charge is 2.37. The Morgan fingerprint density at radius 3 is 2.33 bits per heavy atom. The van der Waals surface area contributed by atoms with Crippen LogP contribution in [0.4, 0.5) is 0 Å². The summed E-state index contributed by atoms with van der Waals surface area (Å²) >= 11 is 0. The van der Waals surface area contributed by atoms with E-state index in [0.717, 1.165) is 13.1 Å². The number of hydrogen-bond donors (Lipinski definition) is 2. The third-order valence-corrected chi connectivity index (χ3v) is 4.73. The smallest absolute Gasteiger partial charge is 0.221 e. The van der Waals surface area contributed by atoms with Crippen molar-refractivity contribution in [1.82, 2.24) is 15.5 Å².